The van der Waals surface area contributed by atoms with Crippen molar-refractivity contribution in [2.75, 3.05) is 12.4 Å². The summed E-state index contributed by atoms with van der Waals surface area (Å²) in [6.45, 7) is 5.26. The minimum Gasteiger partial charge on any atom is -0.497 e. The quantitative estimate of drug-likeness (QED) is 0.833. The van der Waals surface area contributed by atoms with Crippen LogP contribution < -0.4 is 10.1 Å². The van der Waals surface area contributed by atoms with Gasteiger partial charge in [0.2, 0.25) is 0 Å². The molecule has 2 N–H and O–H groups in total. The van der Waals surface area contributed by atoms with Gasteiger partial charge in [-0.1, -0.05) is 0 Å². The fourth-order valence-corrected chi connectivity index (χ4v) is 1.49. The molecule has 6 heteroatoms. The Hall–Kier alpha value is -2.50. The third-order valence-corrected chi connectivity index (χ3v) is 2.30. The molecule has 0 saturated carbocycles. The molecule has 0 aliphatic carbocycles. The van der Waals surface area contributed by atoms with E-state index in [2.05, 4.69) is 5.32 Å². The van der Waals surface area contributed by atoms with Gasteiger partial charge in [-0.15, -0.1) is 0 Å². The van der Waals surface area contributed by atoms with Gasteiger partial charge in [-0.2, -0.15) is 0 Å². The predicted molar refractivity (Wildman–Crippen MR) is 79.5 cm³/mol. The van der Waals surface area contributed by atoms with Gasteiger partial charge in [0.1, 0.15) is 11.4 Å². The summed E-state index contributed by atoms with van der Waals surface area (Å²) >= 11 is 0. The van der Waals surface area contributed by atoms with Gasteiger partial charge in [0.25, 0.3) is 0 Å². The van der Waals surface area contributed by atoms with Crippen LogP contribution >= 0.6 is 0 Å². The molecule has 0 aliphatic heterocycles. The lowest BCUT2D eigenvalue weighted by molar-refractivity contribution is -0.131. The molecule has 1 amide bonds. The molecule has 0 spiro atoms. The van der Waals surface area contributed by atoms with Crippen molar-refractivity contribution in [1.29, 1.82) is 0 Å². The smallest absolute Gasteiger partial charge is 0.412 e. The molecule has 0 aromatic heterocycles. The van der Waals surface area contributed by atoms with Crippen LogP contribution in [0.15, 0.2) is 24.3 Å². The normalized spacial score (nSPS) is 11.2. The Bertz CT molecular complexity index is 558. The number of carbonyl (C=O) groups is 2. The van der Waals surface area contributed by atoms with Crippen molar-refractivity contribution in [3.8, 4) is 5.75 Å². The van der Waals surface area contributed by atoms with Crippen LogP contribution in [-0.2, 0) is 9.53 Å². The van der Waals surface area contributed by atoms with Crippen molar-refractivity contribution in [3.63, 3.8) is 0 Å². The van der Waals surface area contributed by atoms with Crippen molar-refractivity contribution in [1.82, 2.24) is 0 Å². The van der Waals surface area contributed by atoms with Gasteiger partial charge >= 0.3 is 12.1 Å². The molecule has 0 radical (unpaired) electrons. The summed E-state index contributed by atoms with van der Waals surface area (Å²) in [7, 11) is 1.50. The van der Waals surface area contributed by atoms with Gasteiger partial charge in [-0.25, -0.2) is 9.59 Å². The molecular formula is C15H19NO5. The summed E-state index contributed by atoms with van der Waals surface area (Å²) in [6, 6.07) is 4.90. The number of benzene rings is 1. The van der Waals surface area contributed by atoms with Crippen molar-refractivity contribution in [2.24, 2.45) is 0 Å². The fraction of sp³-hybridized carbons (Fsp3) is 0.333. The molecule has 114 valence electrons. The Morgan fingerprint density at radius 3 is 2.48 bits per heavy atom. The molecule has 0 heterocycles. The molecule has 0 aliphatic rings. The van der Waals surface area contributed by atoms with Gasteiger partial charge in [0.15, 0.2) is 0 Å². The van der Waals surface area contributed by atoms with Crippen LogP contribution in [0.25, 0.3) is 6.08 Å². The Balaban J connectivity index is 3.01. The van der Waals surface area contributed by atoms with Crippen LogP contribution in [-0.4, -0.2) is 29.9 Å². The monoisotopic (exact) mass is 293 g/mol. The average Bonchev–Trinajstić information content (AvgIpc) is 2.34. The topological polar surface area (TPSA) is 84.9 Å². The van der Waals surface area contributed by atoms with Crippen LogP contribution in [0.5, 0.6) is 5.75 Å². The van der Waals surface area contributed by atoms with Crippen LogP contribution in [0.3, 0.4) is 0 Å². The van der Waals surface area contributed by atoms with E-state index in [1.54, 1.807) is 39.0 Å². The Labute approximate surface area is 123 Å². The number of carboxylic acids is 1. The lowest BCUT2D eigenvalue weighted by Gasteiger charge is -2.20. The predicted octanol–water partition coefficient (Wildman–Crippen LogP) is 3.14. The van der Waals surface area contributed by atoms with Crippen LogP contribution in [0.1, 0.15) is 26.3 Å². The van der Waals surface area contributed by atoms with E-state index in [0.29, 0.717) is 17.0 Å². The number of anilines is 1. The summed E-state index contributed by atoms with van der Waals surface area (Å²) < 4.78 is 10.2. The van der Waals surface area contributed by atoms with Crippen LogP contribution in [0.2, 0.25) is 0 Å². The second kappa shape index (κ2) is 6.78. The zero-order valence-electron chi connectivity index (χ0n) is 12.5. The molecule has 1 rings (SSSR count). The molecule has 1 aromatic rings. The number of aliphatic carboxylic acids is 1. The van der Waals surface area contributed by atoms with Crippen molar-refractivity contribution < 1.29 is 24.2 Å². The number of hydrogen-bond acceptors (Lipinski definition) is 4. The van der Waals surface area contributed by atoms with Gasteiger partial charge in [0.05, 0.1) is 12.8 Å². The lowest BCUT2D eigenvalue weighted by Crippen LogP contribution is -2.27. The minimum absolute atomic E-state index is 0.404. The molecule has 0 atom stereocenters. The molecule has 0 fully saturated rings. The van der Waals surface area contributed by atoms with E-state index >= 15 is 0 Å². The minimum atomic E-state index is -1.07. The highest BCUT2D eigenvalue weighted by Gasteiger charge is 2.17. The second-order valence-corrected chi connectivity index (χ2v) is 5.25. The van der Waals surface area contributed by atoms with Crippen molar-refractivity contribution in [2.45, 2.75) is 26.4 Å². The summed E-state index contributed by atoms with van der Waals surface area (Å²) in [5.74, 6) is -0.539. The zero-order valence-corrected chi connectivity index (χ0v) is 12.5. The number of ether oxygens (including phenoxy) is 2. The maximum Gasteiger partial charge on any atom is 0.412 e. The first kappa shape index (κ1) is 16.6. The number of hydrogen-bond donors (Lipinski definition) is 2. The molecule has 1 aromatic carbocycles. The molecule has 0 unspecified atom stereocenters. The number of carbonyl (C=O) groups excluding carboxylic acids is 1. The van der Waals surface area contributed by atoms with Gasteiger partial charge in [-0.05, 0) is 44.5 Å². The SMILES string of the molecule is COc1ccc(/C=C/C(=O)O)c(NC(=O)OC(C)(C)C)c1. The van der Waals surface area contributed by atoms with Crippen LogP contribution in [0.4, 0.5) is 10.5 Å². The Morgan fingerprint density at radius 2 is 1.95 bits per heavy atom. The summed E-state index contributed by atoms with van der Waals surface area (Å²) in [4.78, 5) is 22.4. The maximum atomic E-state index is 11.8. The van der Waals surface area contributed by atoms with E-state index < -0.39 is 17.7 Å². The zero-order chi connectivity index (χ0) is 16.0. The van der Waals surface area contributed by atoms with Gasteiger partial charge in [-0.3, -0.25) is 5.32 Å². The first-order valence-electron chi connectivity index (χ1n) is 6.30. The third kappa shape index (κ3) is 5.99. The summed E-state index contributed by atoms with van der Waals surface area (Å²) in [5, 5.41) is 11.3. The molecule has 0 saturated heterocycles. The molecule has 21 heavy (non-hydrogen) atoms. The van der Waals surface area contributed by atoms with Gasteiger partial charge in [0, 0.05) is 12.1 Å². The highest BCUT2D eigenvalue weighted by Crippen LogP contribution is 2.24. The fourth-order valence-electron chi connectivity index (χ4n) is 1.49. The van der Waals surface area contributed by atoms with Crippen LogP contribution in [0, 0.1) is 0 Å². The van der Waals surface area contributed by atoms with E-state index in [1.165, 1.54) is 13.2 Å². The third-order valence-electron chi connectivity index (χ3n) is 2.30. The van der Waals surface area contributed by atoms with E-state index in [1.807, 2.05) is 0 Å². The van der Waals surface area contributed by atoms with Crippen molar-refractivity contribution >= 4 is 23.8 Å². The lowest BCUT2D eigenvalue weighted by atomic mass is 10.1. The van der Waals surface area contributed by atoms with E-state index in [0.717, 1.165) is 6.08 Å². The first-order valence-corrected chi connectivity index (χ1v) is 6.30. The maximum absolute atomic E-state index is 11.8. The Morgan fingerprint density at radius 1 is 1.29 bits per heavy atom. The Kier molecular flexibility index (Phi) is 5.35. The largest absolute Gasteiger partial charge is 0.497 e. The molecule has 6 nitrogen and oxygen atoms in total. The number of methoxy groups -OCH3 is 1. The number of rotatable bonds is 4. The number of carboxylic acid groups (broad SMARTS) is 1. The van der Waals surface area contributed by atoms with E-state index in [4.69, 9.17) is 14.6 Å². The van der Waals surface area contributed by atoms with E-state index in [-0.39, 0.29) is 0 Å². The van der Waals surface area contributed by atoms with E-state index in [9.17, 15) is 9.59 Å². The highest BCUT2D eigenvalue weighted by atomic mass is 16.6. The second-order valence-electron chi connectivity index (χ2n) is 5.25. The first-order chi connectivity index (χ1) is 9.71. The van der Waals surface area contributed by atoms with Crippen molar-refractivity contribution in [3.05, 3.63) is 29.8 Å². The highest BCUT2D eigenvalue weighted by molar-refractivity contribution is 5.91. The standard InChI is InChI=1S/C15H19NO5/c1-15(2,3)21-14(19)16-12-9-11(20-4)7-5-10(12)6-8-13(17)18/h5-9H,1-4H3,(H,16,19)(H,17,18)/b8-6+. The number of amides is 1. The van der Waals surface area contributed by atoms with Gasteiger partial charge < -0.3 is 14.6 Å². The molecule has 0 bridgehead atoms. The summed E-state index contributed by atoms with van der Waals surface area (Å²) in [6.07, 6.45) is 1.75. The number of nitrogens with one attached hydrogen (secondary N) is 1. The molecular weight excluding hydrogens is 274 g/mol. The summed E-state index contributed by atoms with van der Waals surface area (Å²) in [5.41, 5.74) is 0.310. The average molecular weight is 293 g/mol.